The van der Waals surface area contributed by atoms with E-state index < -0.39 is 28.5 Å². The lowest BCUT2D eigenvalue weighted by Crippen LogP contribution is -2.53. The van der Waals surface area contributed by atoms with Crippen LogP contribution in [-0.4, -0.2) is 57.6 Å². The van der Waals surface area contributed by atoms with Crippen molar-refractivity contribution in [2.45, 2.75) is 39.3 Å². The Hall–Kier alpha value is -3.85. The molecule has 0 radical (unpaired) electrons. The first-order chi connectivity index (χ1) is 18.6. The molecule has 2 amide bonds. The fourth-order valence-corrected chi connectivity index (χ4v) is 5.03. The number of hydrogen-bond donors (Lipinski definition) is 1. The third kappa shape index (κ3) is 8.58. The highest BCUT2D eigenvalue weighted by atomic mass is 32.2. The molecule has 0 unspecified atom stereocenters. The van der Waals surface area contributed by atoms with E-state index in [1.54, 1.807) is 24.3 Å². The molecule has 0 fully saturated rings. The van der Waals surface area contributed by atoms with E-state index in [1.165, 1.54) is 12.0 Å². The van der Waals surface area contributed by atoms with E-state index in [1.807, 2.05) is 68.4 Å². The zero-order chi connectivity index (χ0) is 28.4. The summed E-state index contributed by atoms with van der Waals surface area (Å²) in [4.78, 5) is 29.0. The Morgan fingerprint density at radius 1 is 0.949 bits per heavy atom. The summed E-state index contributed by atoms with van der Waals surface area (Å²) in [5.74, 6) is -0.309. The number of carbonyl (C=O) groups is 2. The molecule has 1 atom stereocenters. The highest BCUT2D eigenvalue weighted by molar-refractivity contribution is 7.92. The first-order valence-electron chi connectivity index (χ1n) is 12.9. The standard InChI is InChI=1S/C30H37N3O5S/c1-5-18-31-30(35)28(19-24-10-7-6-8-11-24)32(21-25-16-14-23(2)15-17-25)29(34)22-33(39(4,36)37)26-12-9-13-27(20-26)38-3/h6-17,20,28H,5,18-19,21-22H2,1-4H3,(H,31,35)/t28-/m0/s1. The van der Waals surface area contributed by atoms with Crippen molar-refractivity contribution in [3.8, 4) is 5.75 Å². The van der Waals surface area contributed by atoms with Crippen molar-refractivity contribution in [2.75, 3.05) is 30.8 Å². The Labute approximate surface area is 231 Å². The fraction of sp³-hybridized carbons (Fsp3) is 0.333. The summed E-state index contributed by atoms with van der Waals surface area (Å²) < 4.78 is 32.0. The molecule has 0 aliphatic heterocycles. The lowest BCUT2D eigenvalue weighted by molar-refractivity contribution is -0.140. The molecule has 0 heterocycles. The predicted molar refractivity (Wildman–Crippen MR) is 154 cm³/mol. The number of sulfonamides is 1. The van der Waals surface area contributed by atoms with Gasteiger partial charge in [0, 0.05) is 25.6 Å². The molecule has 0 aliphatic rings. The molecule has 39 heavy (non-hydrogen) atoms. The second-order valence-electron chi connectivity index (χ2n) is 9.47. The van der Waals surface area contributed by atoms with E-state index in [0.29, 0.717) is 18.0 Å². The summed E-state index contributed by atoms with van der Waals surface area (Å²) in [5.41, 5.74) is 3.10. The molecule has 8 nitrogen and oxygen atoms in total. The normalized spacial score (nSPS) is 11.9. The van der Waals surface area contributed by atoms with Crippen molar-refractivity contribution in [1.82, 2.24) is 10.2 Å². The van der Waals surface area contributed by atoms with Crippen LogP contribution in [0.2, 0.25) is 0 Å². The lowest BCUT2D eigenvalue weighted by atomic mass is 10.0. The minimum atomic E-state index is -3.84. The third-order valence-corrected chi connectivity index (χ3v) is 7.45. The summed E-state index contributed by atoms with van der Waals surface area (Å²) in [6.07, 6.45) is 2.08. The number of ether oxygens (including phenoxy) is 1. The molecule has 9 heteroatoms. The maximum absolute atomic E-state index is 14.0. The van der Waals surface area contributed by atoms with Gasteiger partial charge in [0.2, 0.25) is 21.8 Å². The Balaban J connectivity index is 2.04. The van der Waals surface area contributed by atoms with E-state index >= 15 is 0 Å². The minimum absolute atomic E-state index is 0.145. The summed E-state index contributed by atoms with van der Waals surface area (Å²) in [5, 5.41) is 2.93. The second-order valence-corrected chi connectivity index (χ2v) is 11.4. The minimum Gasteiger partial charge on any atom is -0.497 e. The number of nitrogens with zero attached hydrogens (tertiary/aromatic N) is 2. The van der Waals surface area contributed by atoms with Crippen molar-refractivity contribution in [1.29, 1.82) is 0 Å². The molecule has 3 aromatic carbocycles. The molecule has 3 rings (SSSR count). The van der Waals surface area contributed by atoms with Crippen LogP contribution in [0.15, 0.2) is 78.9 Å². The Morgan fingerprint density at radius 2 is 1.64 bits per heavy atom. The van der Waals surface area contributed by atoms with Gasteiger partial charge in [-0.3, -0.25) is 13.9 Å². The summed E-state index contributed by atoms with van der Waals surface area (Å²) >= 11 is 0. The van der Waals surface area contributed by atoms with Crippen LogP contribution < -0.4 is 14.4 Å². The first kappa shape index (κ1) is 29.7. The first-order valence-corrected chi connectivity index (χ1v) is 14.8. The maximum Gasteiger partial charge on any atom is 0.244 e. The summed E-state index contributed by atoms with van der Waals surface area (Å²) in [6.45, 7) is 4.08. The van der Waals surface area contributed by atoms with Crippen LogP contribution >= 0.6 is 0 Å². The molecule has 0 bridgehead atoms. The van der Waals surface area contributed by atoms with E-state index in [9.17, 15) is 18.0 Å². The van der Waals surface area contributed by atoms with Crippen molar-refractivity contribution in [3.05, 3.63) is 95.6 Å². The average molecular weight is 552 g/mol. The highest BCUT2D eigenvalue weighted by Gasteiger charge is 2.33. The molecule has 208 valence electrons. The SMILES string of the molecule is CCCNC(=O)[C@H](Cc1ccccc1)N(Cc1ccc(C)cc1)C(=O)CN(c1cccc(OC)c1)S(C)(=O)=O. The average Bonchev–Trinajstić information content (AvgIpc) is 2.93. The van der Waals surface area contributed by atoms with E-state index in [2.05, 4.69) is 5.32 Å². The molecular weight excluding hydrogens is 514 g/mol. The van der Waals surface area contributed by atoms with Crippen LogP contribution in [-0.2, 0) is 32.6 Å². The van der Waals surface area contributed by atoms with Crippen LogP contribution in [0, 0.1) is 6.92 Å². The van der Waals surface area contributed by atoms with E-state index in [0.717, 1.165) is 33.7 Å². The quantitative estimate of drug-likeness (QED) is 0.347. The molecule has 0 spiro atoms. The van der Waals surface area contributed by atoms with Gasteiger partial charge in [-0.05, 0) is 36.6 Å². The van der Waals surface area contributed by atoms with Gasteiger partial charge < -0.3 is 15.0 Å². The number of methoxy groups -OCH3 is 1. The van der Waals surface area contributed by atoms with Crippen molar-refractivity contribution in [3.63, 3.8) is 0 Å². The molecule has 3 aromatic rings. The van der Waals surface area contributed by atoms with Gasteiger partial charge in [-0.1, -0.05) is 73.2 Å². The smallest absolute Gasteiger partial charge is 0.244 e. The Kier molecular flexibility index (Phi) is 10.5. The predicted octanol–water partition coefficient (Wildman–Crippen LogP) is 3.94. The number of amides is 2. The lowest BCUT2D eigenvalue weighted by Gasteiger charge is -2.33. The Morgan fingerprint density at radius 3 is 2.26 bits per heavy atom. The van der Waals surface area contributed by atoms with Crippen LogP contribution in [0.4, 0.5) is 5.69 Å². The van der Waals surface area contributed by atoms with Crippen molar-refractivity contribution in [2.24, 2.45) is 0 Å². The molecule has 0 aliphatic carbocycles. The number of benzene rings is 3. The molecule has 0 aromatic heterocycles. The monoisotopic (exact) mass is 551 g/mol. The number of carbonyl (C=O) groups excluding carboxylic acids is 2. The molecular formula is C30H37N3O5S. The van der Waals surface area contributed by atoms with Gasteiger partial charge in [0.1, 0.15) is 18.3 Å². The Bertz CT molecular complexity index is 1340. The van der Waals surface area contributed by atoms with E-state index in [-0.39, 0.29) is 18.9 Å². The third-order valence-electron chi connectivity index (χ3n) is 6.31. The number of hydrogen-bond acceptors (Lipinski definition) is 5. The highest BCUT2D eigenvalue weighted by Crippen LogP contribution is 2.24. The van der Waals surface area contributed by atoms with Crippen LogP contribution in [0.5, 0.6) is 5.75 Å². The van der Waals surface area contributed by atoms with Crippen molar-refractivity contribution >= 4 is 27.5 Å². The number of rotatable bonds is 13. The number of aryl methyl sites for hydroxylation is 1. The van der Waals surface area contributed by atoms with Crippen LogP contribution in [0.1, 0.15) is 30.0 Å². The van der Waals surface area contributed by atoms with Gasteiger partial charge in [-0.2, -0.15) is 0 Å². The van der Waals surface area contributed by atoms with Gasteiger partial charge >= 0.3 is 0 Å². The number of nitrogens with one attached hydrogen (secondary N) is 1. The van der Waals surface area contributed by atoms with Gasteiger partial charge in [0.25, 0.3) is 0 Å². The summed E-state index contributed by atoms with van der Waals surface area (Å²) in [7, 11) is -2.35. The number of anilines is 1. The fourth-order valence-electron chi connectivity index (χ4n) is 4.19. The molecule has 0 saturated carbocycles. The van der Waals surface area contributed by atoms with Crippen LogP contribution in [0.3, 0.4) is 0 Å². The van der Waals surface area contributed by atoms with Gasteiger partial charge in [-0.25, -0.2) is 8.42 Å². The molecule has 0 saturated heterocycles. The topological polar surface area (TPSA) is 96.0 Å². The summed E-state index contributed by atoms with van der Waals surface area (Å²) in [6, 6.07) is 22.9. The molecule has 1 N–H and O–H groups in total. The maximum atomic E-state index is 14.0. The van der Waals surface area contributed by atoms with Gasteiger partial charge in [0.15, 0.2) is 0 Å². The zero-order valence-corrected chi connectivity index (χ0v) is 23.8. The van der Waals surface area contributed by atoms with Gasteiger partial charge in [0.05, 0.1) is 19.1 Å². The van der Waals surface area contributed by atoms with E-state index in [4.69, 9.17) is 4.74 Å². The largest absolute Gasteiger partial charge is 0.497 e. The zero-order valence-electron chi connectivity index (χ0n) is 23.0. The van der Waals surface area contributed by atoms with Crippen LogP contribution in [0.25, 0.3) is 0 Å². The van der Waals surface area contributed by atoms with Gasteiger partial charge in [-0.15, -0.1) is 0 Å². The van der Waals surface area contributed by atoms with Crippen molar-refractivity contribution < 1.29 is 22.7 Å². The second kappa shape index (κ2) is 13.8.